The average molecular weight is 330 g/mol. The summed E-state index contributed by atoms with van der Waals surface area (Å²) in [5, 5.41) is 22.6. The predicted octanol–water partition coefficient (Wildman–Crippen LogP) is 1.78. The number of carboxylic acids is 1. The van der Waals surface area contributed by atoms with Crippen LogP contribution in [0.4, 0.5) is 0 Å². The first kappa shape index (κ1) is 15.0. The van der Waals surface area contributed by atoms with Gasteiger partial charge in [-0.25, -0.2) is 0 Å². The number of hydrogen-bond acceptors (Lipinski definition) is 6. The molecule has 0 aliphatic rings. The zero-order chi connectivity index (χ0) is 16.4. The van der Waals surface area contributed by atoms with E-state index in [4.69, 9.17) is 16.3 Å². The molecule has 1 heterocycles. The second kappa shape index (κ2) is 6.05. The van der Waals surface area contributed by atoms with Crippen molar-refractivity contribution >= 4 is 17.6 Å². The Kier molecular flexibility index (Phi) is 3.94. The molecule has 116 valence electrons. The van der Waals surface area contributed by atoms with Crippen molar-refractivity contribution in [2.24, 2.45) is 0 Å². The number of aromatic nitrogens is 4. The number of nitrogens with zero attached hydrogens (tertiary/aromatic N) is 4. The van der Waals surface area contributed by atoms with Crippen molar-refractivity contribution in [2.45, 2.75) is 6.92 Å². The van der Waals surface area contributed by atoms with E-state index in [1.165, 1.54) is 16.8 Å². The molecule has 0 N–H and O–H groups in total. The van der Waals surface area contributed by atoms with Crippen LogP contribution in [0.2, 0.25) is 5.02 Å². The third-order valence-corrected chi connectivity index (χ3v) is 3.55. The molecule has 0 saturated heterocycles. The molecule has 0 spiro atoms. The van der Waals surface area contributed by atoms with Crippen LogP contribution in [-0.2, 0) is 0 Å². The lowest BCUT2D eigenvalue weighted by Gasteiger charge is -2.08. The highest BCUT2D eigenvalue weighted by Crippen LogP contribution is 2.25. The molecule has 0 bridgehead atoms. The van der Waals surface area contributed by atoms with Crippen LogP contribution in [0.5, 0.6) is 11.8 Å². The number of tetrazole rings is 1. The van der Waals surface area contributed by atoms with Gasteiger partial charge >= 0.3 is 6.01 Å². The van der Waals surface area contributed by atoms with Gasteiger partial charge in [0, 0.05) is 5.02 Å². The summed E-state index contributed by atoms with van der Waals surface area (Å²) in [4.78, 5) is 10.8. The van der Waals surface area contributed by atoms with E-state index < -0.39 is 5.97 Å². The van der Waals surface area contributed by atoms with Crippen molar-refractivity contribution in [1.29, 1.82) is 0 Å². The summed E-state index contributed by atoms with van der Waals surface area (Å²) in [7, 11) is 0. The Morgan fingerprint density at radius 1 is 1.22 bits per heavy atom. The summed E-state index contributed by atoms with van der Waals surface area (Å²) in [5.74, 6) is -0.712. The molecule has 2 aromatic carbocycles. The van der Waals surface area contributed by atoms with Crippen LogP contribution in [0.1, 0.15) is 15.9 Å². The van der Waals surface area contributed by atoms with Gasteiger partial charge in [0.25, 0.3) is 0 Å². The van der Waals surface area contributed by atoms with E-state index in [0.29, 0.717) is 16.5 Å². The van der Waals surface area contributed by atoms with E-state index in [-0.39, 0.29) is 11.6 Å². The molecule has 0 radical (unpaired) electrons. The van der Waals surface area contributed by atoms with E-state index >= 15 is 0 Å². The lowest BCUT2D eigenvalue weighted by atomic mass is 10.2. The number of carbonyl (C=O) groups is 1. The molecule has 3 aromatic rings. The fourth-order valence-electron chi connectivity index (χ4n) is 1.93. The quantitative estimate of drug-likeness (QED) is 0.724. The number of halogens is 1. The van der Waals surface area contributed by atoms with Crippen LogP contribution < -0.4 is 9.84 Å². The van der Waals surface area contributed by atoms with Crippen molar-refractivity contribution in [3.05, 3.63) is 58.6 Å². The zero-order valence-corrected chi connectivity index (χ0v) is 12.7. The van der Waals surface area contributed by atoms with E-state index in [9.17, 15) is 9.90 Å². The Hall–Kier alpha value is -2.93. The fourth-order valence-corrected chi connectivity index (χ4v) is 2.05. The molecule has 7 nitrogen and oxygen atoms in total. The van der Waals surface area contributed by atoms with Crippen LogP contribution in [0.15, 0.2) is 42.5 Å². The normalized spacial score (nSPS) is 10.5. The summed E-state index contributed by atoms with van der Waals surface area (Å²) in [6.45, 7) is 1.86. The number of ether oxygens (including phenoxy) is 1. The van der Waals surface area contributed by atoms with Gasteiger partial charge in [-0.15, -0.1) is 0 Å². The summed E-state index contributed by atoms with van der Waals surface area (Å²) in [6.07, 6.45) is 0. The van der Waals surface area contributed by atoms with Crippen LogP contribution in [0.25, 0.3) is 5.69 Å². The van der Waals surface area contributed by atoms with Crippen LogP contribution in [-0.4, -0.2) is 26.2 Å². The SMILES string of the molecule is Cc1cc(Oc2nnnn2-c2ccc(C(=O)[O-])cc2)ccc1Cl. The van der Waals surface area contributed by atoms with Crippen molar-refractivity contribution < 1.29 is 14.6 Å². The molecule has 1 aromatic heterocycles. The summed E-state index contributed by atoms with van der Waals surface area (Å²) >= 11 is 5.98. The third-order valence-electron chi connectivity index (χ3n) is 3.13. The van der Waals surface area contributed by atoms with E-state index in [0.717, 1.165) is 5.56 Å². The van der Waals surface area contributed by atoms with Crippen molar-refractivity contribution in [2.75, 3.05) is 0 Å². The molecule has 0 aliphatic heterocycles. The maximum absolute atomic E-state index is 10.8. The number of aromatic carboxylic acids is 1. The minimum Gasteiger partial charge on any atom is -0.545 e. The molecule has 0 amide bonds. The lowest BCUT2D eigenvalue weighted by molar-refractivity contribution is -0.255. The van der Waals surface area contributed by atoms with Crippen LogP contribution in [0.3, 0.4) is 0 Å². The van der Waals surface area contributed by atoms with Gasteiger partial charge < -0.3 is 14.6 Å². The lowest BCUT2D eigenvalue weighted by Crippen LogP contribution is -2.22. The topological polar surface area (TPSA) is 93.0 Å². The van der Waals surface area contributed by atoms with Gasteiger partial charge in [0.15, 0.2) is 0 Å². The third kappa shape index (κ3) is 3.14. The number of rotatable bonds is 4. The van der Waals surface area contributed by atoms with Gasteiger partial charge in [0.1, 0.15) is 5.75 Å². The van der Waals surface area contributed by atoms with E-state index in [1.54, 1.807) is 30.3 Å². The molecular formula is C15H10ClN4O3-. The summed E-state index contributed by atoms with van der Waals surface area (Å²) < 4.78 is 7.01. The van der Waals surface area contributed by atoms with Gasteiger partial charge in [0.2, 0.25) is 0 Å². The molecule has 0 unspecified atom stereocenters. The van der Waals surface area contributed by atoms with Gasteiger partial charge in [-0.1, -0.05) is 28.8 Å². The second-order valence-electron chi connectivity index (χ2n) is 4.72. The first-order valence-corrected chi connectivity index (χ1v) is 6.96. The van der Waals surface area contributed by atoms with Crippen molar-refractivity contribution in [3.63, 3.8) is 0 Å². The first-order valence-electron chi connectivity index (χ1n) is 6.59. The smallest absolute Gasteiger partial charge is 0.345 e. The first-order chi connectivity index (χ1) is 11.0. The number of benzene rings is 2. The molecule has 8 heteroatoms. The maximum atomic E-state index is 10.8. The minimum absolute atomic E-state index is 0.0672. The standard InChI is InChI=1S/C15H11ClN4O3/c1-9-8-12(6-7-13(9)16)23-15-17-18-19-20(15)11-4-2-10(3-5-11)14(21)22/h2-8H,1H3,(H,21,22)/p-1. The highest BCUT2D eigenvalue weighted by Gasteiger charge is 2.11. The molecule has 0 atom stereocenters. The number of carboxylic acid groups (broad SMARTS) is 1. The van der Waals surface area contributed by atoms with Gasteiger partial charge in [-0.3, -0.25) is 0 Å². The summed E-state index contributed by atoms with van der Waals surface area (Å²) in [5.41, 5.74) is 1.49. The number of hydrogen-bond donors (Lipinski definition) is 0. The fraction of sp³-hybridized carbons (Fsp3) is 0.0667. The number of aryl methyl sites for hydroxylation is 1. The minimum atomic E-state index is -1.25. The Bertz CT molecular complexity index is 861. The Balaban J connectivity index is 1.89. The molecule has 23 heavy (non-hydrogen) atoms. The molecule has 0 aliphatic carbocycles. The Labute approximate surface area is 136 Å². The summed E-state index contributed by atoms with van der Waals surface area (Å²) in [6, 6.07) is 11.3. The molecule has 3 rings (SSSR count). The van der Waals surface area contributed by atoms with Crippen molar-refractivity contribution in [1.82, 2.24) is 20.2 Å². The number of carbonyl (C=O) groups excluding carboxylic acids is 1. The van der Waals surface area contributed by atoms with Crippen LogP contribution >= 0.6 is 11.6 Å². The molecule has 0 fully saturated rings. The average Bonchev–Trinajstić information content (AvgIpc) is 2.99. The monoisotopic (exact) mass is 329 g/mol. The zero-order valence-electron chi connectivity index (χ0n) is 11.9. The van der Waals surface area contributed by atoms with Crippen molar-refractivity contribution in [3.8, 4) is 17.4 Å². The predicted molar refractivity (Wildman–Crippen MR) is 79.7 cm³/mol. The second-order valence-corrected chi connectivity index (χ2v) is 5.13. The van der Waals surface area contributed by atoms with Gasteiger partial charge in [0.05, 0.1) is 11.7 Å². The highest BCUT2D eigenvalue weighted by molar-refractivity contribution is 6.31. The van der Waals surface area contributed by atoms with E-state index in [1.807, 2.05) is 6.92 Å². The van der Waals surface area contributed by atoms with Gasteiger partial charge in [-0.2, -0.15) is 4.68 Å². The molecular weight excluding hydrogens is 320 g/mol. The van der Waals surface area contributed by atoms with E-state index in [2.05, 4.69) is 15.5 Å². The largest absolute Gasteiger partial charge is 0.545 e. The van der Waals surface area contributed by atoms with Gasteiger partial charge in [-0.05, 0) is 58.8 Å². The molecule has 0 saturated carbocycles. The maximum Gasteiger partial charge on any atom is 0.345 e. The highest BCUT2D eigenvalue weighted by atomic mass is 35.5. The van der Waals surface area contributed by atoms with Crippen LogP contribution in [0, 0.1) is 6.92 Å². The Morgan fingerprint density at radius 2 is 1.96 bits per heavy atom. The Morgan fingerprint density at radius 3 is 2.61 bits per heavy atom.